The first kappa shape index (κ1) is 10.6. The fraction of sp³-hybridized carbons (Fsp3) is 0.556. The molecule has 1 aliphatic rings. The SMILES string of the molecule is O=C(O)Cc1cn(CC2CCC(=O)N2)nn1. The first-order valence-corrected chi connectivity index (χ1v) is 5.03. The Morgan fingerprint density at radius 2 is 2.50 bits per heavy atom. The van der Waals surface area contributed by atoms with Crippen molar-refractivity contribution >= 4 is 11.9 Å². The lowest BCUT2D eigenvalue weighted by molar-refractivity contribution is -0.136. The summed E-state index contributed by atoms with van der Waals surface area (Å²) in [5.41, 5.74) is 0.428. The van der Waals surface area contributed by atoms with Crippen LogP contribution in [-0.2, 0) is 22.6 Å². The predicted octanol–water partition coefficient (Wildman–Crippen LogP) is -0.816. The lowest BCUT2D eigenvalue weighted by atomic mass is 10.2. The third-order valence-corrected chi connectivity index (χ3v) is 2.41. The molecule has 0 spiro atoms. The smallest absolute Gasteiger partial charge is 0.309 e. The highest BCUT2D eigenvalue weighted by molar-refractivity contribution is 5.78. The molecule has 2 rings (SSSR count). The van der Waals surface area contributed by atoms with Gasteiger partial charge in [0.25, 0.3) is 0 Å². The quantitative estimate of drug-likeness (QED) is 0.696. The van der Waals surface area contributed by atoms with Gasteiger partial charge in [-0.1, -0.05) is 5.21 Å². The van der Waals surface area contributed by atoms with Crippen molar-refractivity contribution < 1.29 is 14.7 Å². The summed E-state index contributed by atoms with van der Waals surface area (Å²) < 4.78 is 1.56. The van der Waals surface area contributed by atoms with E-state index in [-0.39, 0.29) is 18.4 Å². The molecule has 1 atom stereocenters. The Kier molecular flexibility index (Phi) is 2.84. The summed E-state index contributed by atoms with van der Waals surface area (Å²) in [4.78, 5) is 21.4. The average Bonchev–Trinajstić information content (AvgIpc) is 2.76. The van der Waals surface area contributed by atoms with Gasteiger partial charge in [-0.15, -0.1) is 5.10 Å². The molecular weight excluding hydrogens is 212 g/mol. The number of amides is 1. The van der Waals surface area contributed by atoms with Gasteiger partial charge in [-0.25, -0.2) is 0 Å². The van der Waals surface area contributed by atoms with Gasteiger partial charge in [-0.3, -0.25) is 14.3 Å². The Balaban J connectivity index is 1.92. The molecule has 2 heterocycles. The normalized spacial score (nSPS) is 19.8. The number of hydrogen-bond acceptors (Lipinski definition) is 4. The summed E-state index contributed by atoms with van der Waals surface area (Å²) in [7, 11) is 0. The first-order chi connectivity index (χ1) is 7.63. The number of aliphatic carboxylic acids is 1. The van der Waals surface area contributed by atoms with Crippen LogP contribution in [0.3, 0.4) is 0 Å². The fourth-order valence-corrected chi connectivity index (χ4v) is 1.70. The standard InChI is InChI=1S/C9H12N4O3/c14-8-2-1-6(10-8)4-13-5-7(11-12-13)3-9(15)16/h5-6H,1-4H2,(H,10,14)(H,15,16). The van der Waals surface area contributed by atoms with Crippen molar-refractivity contribution in [1.82, 2.24) is 20.3 Å². The summed E-state index contributed by atoms with van der Waals surface area (Å²) in [5.74, 6) is -0.878. The second-order valence-electron chi connectivity index (χ2n) is 3.81. The molecule has 0 bridgehead atoms. The zero-order valence-electron chi connectivity index (χ0n) is 8.59. The van der Waals surface area contributed by atoms with Gasteiger partial charge in [-0.05, 0) is 6.42 Å². The van der Waals surface area contributed by atoms with Crippen LogP contribution >= 0.6 is 0 Å². The molecule has 86 valence electrons. The minimum absolute atomic E-state index is 0.0517. The van der Waals surface area contributed by atoms with E-state index in [1.807, 2.05) is 0 Å². The Hall–Kier alpha value is -1.92. The van der Waals surface area contributed by atoms with Crippen molar-refractivity contribution in [2.45, 2.75) is 31.8 Å². The molecule has 2 N–H and O–H groups in total. The fourth-order valence-electron chi connectivity index (χ4n) is 1.70. The maximum atomic E-state index is 11.0. The van der Waals surface area contributed by atoms with E-state index in [1.165, 1.54) is 0 Å². The number of rotatable bonds is 4. The minimum atomic E-state index is -0.929. The molecule has 0 aliphatic carbocycles. The molecule has 1 aromatic rings. The summed E-state index contributed by atoms with van der Waals surface area (Å²) in [6.07, 6.45) is 2.80. The lowest BCUT2D eigenvalue weighted by Crippen LogP contribution is -2.29. The van der Waals surface area contributed by atoms with Crippen LogP contribution in [0.15, 0.2) is 6.20 Å². The van der Waals surface area contributed by atoms with Gasteiger partial charge in [-0.2, -0.15) is 0 Å². The van der Waals surface area contributed by atoms with E-state index in [0.29, 0.717) is 18.7 Å². The first-order valence-electron chi connectivity index (χ1n) is 5.03. The monoisotopic (exact) mass is 224 g/mol. The van der Waals surface area contributed by atoms with E-state index in [0.717, 1.165) is 6.42 Å². The molecule has 1 aliphatic heterocycles. The second kappa shape index (κ2) is 4.30. The highest BCUT2D eigenvalue weighted by Crippen LogP contribution is 2.08. The van der Waals surface area contributed by atoms with Gasteiger partial charge in [0, 0.05) is 18.7 Å². The number of nitrogens with zero attached hydrogens (tertiary/aromatic N) is 3. The Morgan fingerprint density at radius 3 is 3.12 bits per heavy atom. The maximum Gasteiger partial charge on any atom is 0.309 e. The number of aromatic nitrogens is 3. The van der Waals surface area contributed by atoms with Crippen LogP contribution in [0.2, 0.25) is 0 Å². The number of carbonyl (C=O) groups is 2. The summed E-state index contributed by atoms with van der Waals surface area (Å²) in [6.45, 7) is 0.540. The summed E-state index contributed by atoms with van der Waals surface area (Å²) in [5, 5.41) is 18.9. The topological polar surface area (TPSA) is 97.1 Å². The number of hydrogen-bond donors (Lipinski definition) is 2. The van der Waals surface area contributed by atoms with E-state index in [9.17, 15) is 9.59 Å². The van der Waals surface area contributed by atoms with Crippen LogP contribution in [0.5, 0.6) is 0 Å². The largest absolute Gasteiger partial charge is 0.481 e. The van der Waals surface area contributed by atoms with Crippen LogP contribution in [-0.4, -0.2) is 38.0 Å². The molecule has 7 nitrogen and oxygen atoms in total. The molecule has 1 unspecified atom stereocenters. The molecule has 1 aromatic heterocycles. The Bertz CT molecular complexity index is 415. The zero-order chi connectivity index (χ0) is 11.5. The molecule has 1 saturated heterocycles. The Labute approximate surface area is 91.4 Å². The molecule has 0 aromatic carbocycles. The number of carboxylic acid groups (broad SMARTS) is 1. The molecule has 1 amide bonds. The highest BCUT2D eigenvalue weighted by atomic mass is 16.4. The second-order valence-corrected chi connectivity index (χ2v) is 3.81. The van der Waals surface area contributed by atoms with Crippen molar-refractivity contribution in [3.8, 4) is 0 Å². The summed E-state index contributed by atoms with van der Waals surface area (Å²) in [6, 6.07) is 0.0758. The van der Waals surface area contributed by atoms with E-state index < -0.39 is 5.97 Å². The van der Waals surface area contributed by atoms with E-state index >= 15 is 0 Å². The highest BCUT2D eigenvalue weighted by Gasteiger charge is 2.21. The predicted molar refractivity (Wildman–Crippen MR) is 52.5 cm³/mol. The third kappa shape index (κ3) is 2.56. The van der Waals surface area contributed by atoms with E-state index in [1.54, 1.807) is 10.9 Å². The van der Waals surface area contributed by atoms with E-state index in [2.05, 4.69) is 15.6 Å². The third-order valence-electron chi connectivity index (χ3n) is 2.41. The van der Waals surface area contributed by atoms with Crippen LogP contribution in [0.4, 0.5) is 0 Å². The number of carbonyl (C=O) groups excluding carboxylic acids is 1. The number of nitrogens with one attached hydrogen (secondary N) is 1. The van der Waals surface area contributed by atoms with Crippen molar-refractivity contribution in [1.29, 1.82) is 0 Å². The van der Waals surface area contributed by atoms with Gasteiger partial charge < -0.3 is 10.4 Å². The molecule has 16 heavy (non-hydrogen) atoms. The van der Waals surface area contributed by atoms with Crippen LogP contribution in [0.25, 0.3) is 0 Å². The van der Waals surface area contributed by atoms with Gasteiger partial charge >= 0.3 is 5.97 Å². The molecular formula is C9H12N4O3. The van der Waals surface area contributed by atoms with Crippen molar-refractivity contribution in [2.24, 2.45) is 0 Å². The molecule has 7 heteroatoms. The van der Waals surface area contributed by atoms with E-state index in [4.69, 9.17) is 5.11 Å². The molecule has 1 fully saturated rings. The van der Waals surface area contributed by atoms with Gasteiger partial charge in [0.15, 0.2) is 0 Å². The maximum absolute atomic E-state index is 11.0. The molecule has 0 radical (unpaired) electrons. The average molecular weight is 224 g/mol. The molecule has 0 saturated carbocycles. The zero-order valence-corrected chi connectivity index (χ0v) is 8.59. The van der Waals surface area contributed by atoms with Crippen molar-refractivity contribution in [2.75, 3.05) is 0 Å². The van der Waals surface area contributed by atoms with Crippen LogP contribution in [0.1, 0.15) is 18.5 Å². The van der Waals surface area contributed by atoms with Gasteiger partial charge in [0.1, 0.15) is 0 Å². The van der Waals surface area contributed by atoms with Gasteiger partial charge in [0.2, 0.25) is 5.91 Å². The van der Waals surface area contributed by atoms with Crippen molar-refractivity contribution in [3.63, 3.8) is 0 Å². The van der Waals surface area contributed by atoms with Crippen molar-refractivity contribution in [3.05, 3.63) is 11.9 Å². The Morgan fingerprint density at radius 1 is 1.69 bits per heavy atom. The van der Waals surface area contributed by atoms with Crippen LogP contribution in [0, 0.1) is 0 Å². The lowest BCUT2D eigenvalue weighted by Gasteiger charge is -2.08. The number of carboxylic acids is 1. The van der Waals surface area contributed by atoms with Gasteiger partial charge in [0.05, 0.1) is 18.7 Å². The minimum Gasteiger partial charge on any atom is -0.481 e. The van der Waals surface area contributed by atoms with Crippen LogP contribution < -0.4 is 5.32 Å². The summed E-state index contributed by atoms with van der Waals surface area (Å²) >= 11 is 0.